The van der Waals surface area contributed by atoms with E-state index in [0.717, 1.165) is 25.2 Å². The molecule has 1 aromatic heterocycles. The fourth-order valence-corrected chi connectivity index (χ4v) is 3.62. The minimum absolute atomic E-state index is 0.196. The first kappa shape index (κ1) is 13.5. The predicted octanol–water partition coefficient (Wildman–Crippen LogP) is 1.72. The van der Waals surface area contributed by atoms with Gasteiger partial charge in [-0.1, -0.05) is 30.3 Å². The molecule has 0 bridgehead atoms. The fourth-order valence-electron chi connectivity index (χ4n) is 3.62. The lowest BCUT2D eigenvalue weighted by atomic mass is 9.87. The van der Waals surface area contributed by atoms with Crippen molar-refractivity contribution in [2.24, 2.45) is 0 Å². The summed E-state index contributed by atoms with van der Waals surface area (Å²) in [5.41, 5.74) is 3.75. The molecule has 112 valence electrons. The number of benzene rings is 1. The van der Waals surface area contributed by atoms with Gasteiger partial charge in [-0.15, -0.1) is 0 Å². The lowest BCUT2D eigenvalue weighted by Crippen LogP contribution is -2.39. The van der Waals surface area contributed by atoms with Crippen LogP contribution < -0.4 is 5.32 Å². The van der Waals surface area contributed by atoms with E-state index in [1.165, 1.54) is 11.1 Å². The third-order valence-electron chi connectivity index (χ3n) is 4.76. The van der Waals surface area contributed by atoms with E-state index in [-0.39, 0.29) is 5.91 Å². The molecule has 0 aliphatic carbocycles. The van der Waals surface area contributed by atoms with Crippen LogP contribution in [0.15, 0.2) is 48.8 Å². The van der Waals surface area contributed by atoms with Crippen LogP contribution in [0.2, 0.25) is 0 Å². The second-order valence-electron chi connectivity index (χ2n) is 6.13. The molecule has 0 saturated carbocycles. The number of carbonyl (C=O) groups excluding carboxylic acids is 1. The van der Waals surface area contributed by atoms with E-state index in [9.17, 15) is 4.79 Å². The number of nitrogens with zero attached hydrogens (tertiary/aromatic N) is 2. The number of fused-ring (bicyclic) bond motifs is 3. The molecule has 2 aliphatic rings. The summed E-state index contributed by atoms with van der Waals surface area (Å²) >= 11 is 0. The zero-order valence-electron chi connectivity index (χ0n) is 12.4. The molecule has 2 atom stereocenters. The largest absolute Gasteiger partial charge is 0.340 e. The Morgan fingerprint density at radius 3 is 3.00 bits per heavy atom. The maximum absolute atomic E-state index is 12.5. The molecular formula is C18H19N3O. The van der Waals surface area contributed by atoms with Gasteiger partial charge in [-0.3, -0.25) is 9.78 Å². The molecule has 4 nitrogen and oxygen atoms in total. The van der Waals surface area contributed by atoms with E-state index in [4.69, 9.17) is 0 Å². The Hall–Kier alpha value is -2.20. The number of rotatable bonds is 2. The van der Waals surface area contributed by atoms with Gasteiger partial charge < -0.3 is 10.2 Å². The van der Waals surface area contributed by atoms with Gasteiger partial charge in [0.05, 0.1) is 6.42 Å². The minimum Gasteiger partial charge on any atom is -0.340 e. The molecular weight excluding hydrogens is 274 g/mol. The van der Waals surface area contributed by atoms with Crippen molar-refractivity contribution >= 4 is 5.91 Å². The van der Waals surface area contributed by atoms with Gasteiger partial charge in [-0.2, -0.15) is 0 Å². The summed E-state index contributed by atoms with van der Waals surface area (Å²) in [7, 11) is 0. The summed E-state index contributed by atoms with van der Waals surface area (Å²) in [4.78, 5) is 18.6. The standard InChI is InChI=1S/C18H19N3O/c22-18(8-13-4-3-7-19-9-13)21-11-16-15-6-2-1-5-14(15)10-20-17(16)12-21/h1-7,9,16-17,20H,8,10-12H2/t16-,17-/m0/s1. The van der Waals surface area contributed by atoms with Crippen LogP contribution in [-0.4, -0.2) is 34.9 Å². The highest BCUT2D eigenvalue weighted by atomic mass is 16.2. The summed E-state index contributed by atoms with van der Waals surface area (Å²) in [6.45, 7) is 2.52. The molecule has 1 aromatic carbocycles. The maximum atomic E-state index is 12.5. The van der Waals surface area contributed by atoms with E-state index in [0.29, 0.717) is 18.4 Å². The number of carbonyl (C=O) groups is 1. The Morgan fingerprint density at radius 2 is 2.14 bits per heavy atom. The Balaban J connectivity index is 1.50. The third kappa shape index (κ3) is 2.40. The molecule has 1 amide bonds. The number of pyridine rings is 1. The summed E-state index contributed by atoms with van der Waals surface area (Å²) < 4.78 is 0. The molecule has 1 N–H and O–H groups in total. The van der Waals surface area contributed by atoms with Gasteiger partial charge >= 0.3 is 0 Å². The molecule has 2 aliphatic heterocycles. The smallest absolute Gasteiger partial charge is 0.227 e. The van der Waals surface area contributed by atoms with Crippen LogP contribution in [-0.2, 0) is 17.8 Å². The van der Waals surface area contributed by atoms with Crippen molar-refractivity contribution in [1.82, 2.24) is 15.2 Å². The molecule has 3 heterocycles. The highest BCUT2D eigenvalue weighted by Crippen LogP contribution is 2.33. The van der Waals surface area contributed by atoms with E-state index in [2.05, 4.69) is 34.6 Å². The first-order chi connectivity index (χ1) is 10.8. The number of hydrogen-bond donors (Lipinski definition) is 1. The van der Waals surface area contributed by atoms with Gasteiger partial charge in [0.25, 0.3) is 0 Å². The van der Waals surface area contributed by atoms with Crippen LogP contribution in [0.5, 0.6) is 0 Å². The van der Waals surface area contributed by atoms with E-state index in [1.807, 2.05) is 17.0 Å². The minimum atomic E-state index is 0.196. The summed E-state index contributed by atoms with van der Waals surface area (Å²) in [6.07, 6.45) is 3.95. The lowest BCUT2D eigenvalue weighted by molar-refractivity contribution is -0.129. The Labute approximate surface area is 130 Å². The van der Waals surface area contributed by atoms with Crippen molar-refractivity contribution in [3.63, 3.8) is 0 Å². The number of nitrogens with one attached hydrogen (secondary N) is 1. The van der Waals surface area contributed by atoms with Crippen LogP contribution in [0.3, 0.4) is 0 Å². The maximum Gasteiger partial charge on any atom is 0.227 e. The van der Waals surface area contributed by atoms with Gasteiger partial charge in [0.1, 0.15) is 0 Å². The average Bonchev–Trinajstić information content (AvgIpc) is 3.00. The Kier molecular flexibility index (Phi) is 3.39. The van der Waals surface area contributed by atoms with E-state index >= 15 is 0 Å². The molecule has 1 saturated heterocycles. The average molecular weight is 293 g/mol. The van der Waals surface area contributed by atoms with Crippen LogP contribution in [0.25, 0.3) is 0 Å². The van der Waals surface area contributed by atoms with Crippen molar-refractivity contribution < 1.29 is 4.79 Å². The van der Waals surface area contributed by atoms with Gasteiger partial charge in [-0.25, -0.2) is 0 Å². The SMILES string of the molecule is O=C(Cc1cccnc1)N1C[C@@H]2NCc3ccccc3[C@@H]2C1. The van der Waals surface area contributed by atoms with Gasteiger partial charge in [0.2, 0.25) is 5.91 Å². The molecule has 4 heteroatoms. The monoisotopic (exact) mass is 293 g/mol. The molecule has 0 spiro atoms. The summed E-state index contributed by atoms with van der Waals surface area (Å²) in [6, 6.07) is 12.8. The second-order valence-corrected chi connectivity index (χ2v) is 6.13. The summed E-state index contributed by atoms with van der Waals surface area (Å²) in [5.74, 6) is 0.615. The van der Waals surface area contributed by atoms with E-state index in [1.54, 1.807) is 12.4 Å². The summed E-state index contributed by atoms with van der Waals surface area (Å²) in [5, 5.41) is 3.58. The van der Waals surface area contributed by atoms with Crippen LogP contribution in [0.4, 0.5) is 0 Å². The van der Waals surface area contributed by atoms with Crippen LogP contribution >= 0.6 is 0 Å². The number of likely N-dealkylation sites (tertiary alicyclic amines) is 1. The van der Waals surface area contributed by atoms with Crippen molar-refractivity contribution in [2.45, 2.75) is 24.9 Å². The molecule has 0 radical (unpaired) electrons. The molecule has 0 unspecified atom stereocenters. The van der Waals surface area contributed by atoms with Gasteiger partial charge in [0.15, 0.2) is 0 Å². The predicted molar refractivity (Wildman–Crippen MR) is 84.3 cm³/mol. The zero-order valence-corrected chi connectivity index (χ0v) is 12.4. The molecule has 22 heavy (non-hydrogen) atoms. The topological polar surface area (TPSA) is 45.2 Å². The van der Waals surface area contributed by atoms with Crippen molar-refractivity contribution in [3.8, 4) is 0 Å². The number of aromatic nitrogens is 1. The first-order valence-corrected chi connectivity index (χ1v) is 7.79. The fraction of sp³-hybridized carbons (Fsp3) is 0.333. The van der Waals surface area contributed by atoms with Crippen LogP contribution in [0.1, 0.15) is 22.6 Å². The van der Waals surface area contributed by atoms with Crippen molar-refractivity contribution in [1.29, 1.82) is 0 Å². The normalized spacial score (nSPS) is 23.0. The van der Waals surface area contributed by atoms with Gasteiger partial charge in [-0.05, 0) is 22.8 Å². The first-order valence-electron chi connectivity index (χ1n) is 7.79. The second kappa shape index (κ2) is 5.54. The highest BCUT2D eigenvalue weighted by Gasteiger charge is 2.38. The lowest BCUT2D eigenvalue weighted by Gasteiger charge is -2.28. The molecule has 1 fully saturated rings. The van der Waals surface area contributed by atoms with E-state index < -0.39 is 0 Å². The highest BCUT2D eigenvalue weighted by molar-refractivity contribution is 5.79. The van der Waals surface area contributed by atoms with Crippen LogP contribution in [0, 0.1) is 0 Å². The Morgan fingerprint density at radius 1 is 1.23 bits per heavy atom. The quantitative estimate of drug-likeness (QED) is 0.917. The van der Waals surface area contributed by atoms with Crippen molar-refractivity contribution in [2.75, 3.05) is 13.1 Å². The Bertz CT molecular complexity index is 686. The number of hydrogen-bond acceptors (Lipinski definition) is 3. The zero-order chi connectivity index (χ0) is 14.9. The molecule has 4 rings (SSSR count). The third-order valence-corrected chi connectivity index (χ3v) is 4.76. The molecule has 2 aromatic rings. The number of amides is 1. The van der Waals surface area contributed by atoms with Crippen molar-refractivity contribution in [3.05, 3.63) is 65.5 Å². The van der Waals surface area contributed by atoms with Gasteiger partial charge in [0, 0.05) is 44.0 Å².